The summed E-state index contributed by atoms with van der Waals surface area (Å²) in [5.74, 6) is 0. The van der Waals surface area contributed by atoms with Crippen molar-refractivity contribution in [3.05, 3.63) is 0 Å². The van der Waals surface area contributed by atoms with Gasteiger partial charge in [0, 0.05) is 19.1 Å². The van der Waals surface area contributed by atoms with E-state index in [2.05, 4.69) is 18.7 Å². The molecule has 0 unspecified atom stereocenters. The van der Waals surface area contributed by atoms with Gasteiger partial charge in [-0.2, -0.15) is 0 Å². The van der Waals surface area contributed by atoms with Crippen LogP contribution in [0.25, 0.3) is 0 Å². The van der Waals surface area contributed by atoms with Crippen LogP contribution < -0.4 is 0 Å². The lowest BCUT2D eigenvalue weighted by Gasteiger charge is -2.38. The first kappa shape index (κ1) is 7.00. The maximum Gasteiger partial charge on any atom is 0.125 e. The Bertz CT molecular complexity index is 88.9. The monoisotopic (exact) mass is 131 g/mol. The molecule has 0 N–H and O–H groups in total. The van der Waals surface area contributed by atoms with Gasteiger partial charge in [0.2, 0.25) is 0 Å². The predicted octanol–water partition coefficient (Wildman–Crippen LogP) is 1.44. The van der Waals surface area contributed by atoms with Gasteiger partial charge in [-0.25, -0.2) is 4.39 Å². The molecule has 1 aliphatic rings. The summed E-state index contributed by atoms with van der Waals surface area (Å²) in [5.41, 5.74) is 0. The maximum atomic E-state index is 12.2. The van der Waals surface area contributed by atoms with Gasteiger partial charge in [0.1, 0.15) is 6.17 Å². The molecule has 9 heavy (non-hydrogen) atoms. The number of alkyl halides is 1. The zero-order valence-corrected chi connectivity index (χ0v) is 6.10. The number of rotatable bonds is 2. The van der Waals surface area contributed by atoms with Crippen LogP contribution in [0.4, 0.5) is 4.39 Å². The molecule has 0 spiro atoms. The molecule has 54 valence electrons. The Morgan fingerprint density at radius 2 is 2.22 bits per heavy atom. The van der Waals surface area contributed by atoms with Crippen LogP contribution in [-0.4, -0.2) is 30.2 Å². The summed E-state index contributed by atoms with van der Waals surface area (Å²) >= 11 is 0. The third-order valence-corrected chi connectivity index (χ3v) is 2.08. The second-order valence-electron chi connectivity index (χ2n) is 2.81. The third-order valence-electron chi connectivity index (χ3n) is 2.08. The van der Waals surface area contributed by atoms with Crippen molar-refractivity contribution in [1.29, 1.82) is 0 Å². The van der Waals surface area contributed by atoms with E-state index in [4.69, 9.17) is 0 Å². The van der Waals surface area contributed by atoms with Gasteiger partial charge in [-0.1, -0.05) is 6.92 Å². The summed E-state index contributed by atoms with van der Waals surface area (Å²) in [5, 5.41) is 0. The molecule has 0 aromatic carbocycles. The summed E-state index contributed by atoms with van der Waals surface area (Å²) in [4.78, 5) is 2.17. The van der Waals surface area contributed by atoms with Crippen LogP contribution in [0.2, 0.25) is 0 Å². The molecule has 0 aliphatic carbocycles. The molecule has 0 radical (unpaired) electrons. The minimum atomic E-state index is -0.543. The predicted molar refractivity (Wildman–Crippen MR) is 36.2 cm³/mol. The average molecular weight is 131 g/mol. The van der Waals surface area contributed by atoms with Crippen molar-refractivity contribution in [2.45, 2.75) is 32.5 Å². The van der Waals surface area contributed by atoms with Crippen molar-refractivity contribution in [2.75, 3.05) is 13.1 Å². The highest BCUT2D eigenvalue weighted by Crippen LogP contribution is 2.15. The second kappa shape index (κ2) is 2.65. The van der Waals surface area contributed by atoms with E-state index in [9.17, 15) is 4.39 Å². The van der Waals surface area contributed by atoms with Crippen molar-refractivity contribution in [3.63, 3.8) is 0 Å². The molecule has 0 aromatic heterocycles. The fourth-order valence-electron chi connectivity index (χ4n) is 1.07. The molecular weight excluding hydrogens is 117 g/mol. The van der Waals surface area contributed by atoms with Gasteiger partial charge >= 0.3 is 0 Å². The molecule has 1 heterocycles. The highest BCUT2D eigenvalue weighted by atomic mass is 19.1. The molecular formula is C7H14FN. The van der Waals surface area contributed by atoms with E-state index >= 15 is 0 Å². The van der Waals surface area contributed by atoms with E-state index in [1.54, 1.807) is 0 Å². The third kappa shape index (κ3) is 1.42. The molecule has 1 aliphatic heterocycles. The summed E-state index contributed by atoms with van der Waals surface area (Å²) in [6.45, 7) is 5.60. The molecule has 0 saturated carbocycles. The van der Waals surface area contributed by atoms with Crippen LogP contribution in [0, 0.1) is 0 Å². The fraction of sp³-hybridized carbons (Fsp3) is 1.00. The summed E-state index contributed by atoms with van der Waals surface area (Å²) in [6.07, 6.45) is 0.589. The summed E-state index contributed by atoms with van der Waals surface area (Å²) < 4.78 is 12.2. The highest BCUT2D eigenvalue weighted by Gasteiger charge is 2.28. The molecule has 0 bridgehead atoms. The Labute approximate surface area is 55.8 Å². The first-order valence-corrected chi connectivity index (χ1v) is 3.62. The molecule has 1 nitrogen and oxygen atoms in total. The SMILES string of the molecule is CC[C@H](C)N1CC(F)C1. The lowest BCUT2D eigenvalue weighted by atomic mass is 10.1. The quantitative estimate of drug-likeness (QED) is 0.548. The van der Waals surface area contributed by atoms with Gasteiger partial charge in [0.15, 0.2) is 0 Å². The van der Waals surface area contributed by atoms with E-state index in [1.807, 2.05) is 0 Å². The van der Waals surface area contributed by atoms with Crippen LogP contribution in [0.15, 0.2) is 0 Å². The Hall–Kier alpha value is -0.110. The number of hydrogen-bond acceptors (Lipinski definition) is 1. The normalized spacial score (nSPS) is 25.7. The maximum absolute atomic E-state index is 12.2. The molecule has 1 atom stereocenters. The van der Waals surface area contributed by atoms with Crippen molar-refractivity contribution >= 4 is 0 Å². The van der Waals surface area contributed by atoms with Gasteiger partial charge in [0.25, 0.3) is 0 Å². The van der Waals surface area contributed by atoms with Gasteiger partial charge in [-0.3, -0.25) is 4.90 Å². The van der Waals surface area contributed by atoms with E-state index in [1.165, 1.54) is 0 Å². The van der Waals surface area contributed by atoms with Crippen molar-refractivity contribution in [3.8, 4) is 0 Å². The fourth-order valence-corrected chi connectivity index (χ4v) is 1.07. The van der Waals surface area contributed by atoms with Gasteiger partial charge < -0.3 is 0 Å². The lowest BCUT2D eigenvalue weighted by molar-refractivity contribution is 0.0324. The number of hydrogen-bond donors (Lipinski definition) is 0. The van der Waals surface area contributed by atoms with Crippen LogP contribution in [0.3, 0.4) is 0 Å². The second-order valence-corrected chi connectivity index (χ2v) is 2.81. The summed E-state index contributed by atoms with van der Waals surface area (Å²) in [7, 11) is 0. The molecule has 1 fully saturated rings. The molecule has 1 saturated heterocycles. The summed E-state index contributed by atoms with van der Waals surface area (Å²) in [6, 6.07) is 0.581. The van der Waals surface area contributed by atoms with Crippen LogP contribution >= 0.6 is 0 Å². The lowest BCUT2D eigenvalue weighted by Crippen LogP contribution is -2.52. The molecule has 1 rings (SSSR count). The number of likely N-dealkylation sites (tertiary alicyclic amines) is 1. The Morgan fingerprint density at radius 3 is 2.56 bits per heavy atom. The van der Waals surface area contributed by atoms with E-state index in [-0.39, 0.29) is 0 Å². The molecule has 0 amide bonds. The largest absolute Gasteiger partial charge is 0.295 e. The smallest absolute Gasteiger partial charge is 0.125 e. The first-order chi connectivity index (χ1) is 4.24. The van der Waals surface area contributed by atoms with E-state index < -0.39 is 6.17 Å². The van der Waals surface area contributed by atoms with Crippen LogP contribution in [0.5, 0.6) is 0 Å². The van der Waals surface area contributed by atoms with Crippen molar-refractivity contribution in [2.24, 2.45) is 0 Å². The standard InChI is InChI=1S/C7H14FN/c1-3-6(2)9-4-7(8)5-9/h6-7H,3-5H2,1-2H3/t6-/m0/s1. The van der Waals surface area contributed by atoms with Crippen LogP contribution in [0.1, 0.15) is 20.3 Å². The Kier molecular flexibility index (Phi) is 2.06. The Balaban J connectivity index is 2.15. The van der Waals surface area contributed by atoms with E-state index in [0.717, 1.165) is 6.42 Å². The Morgan fingerprint density at radius 1 is 1.67 bits per heavy atom. The van der Waals surface area contributed by atoms with E-state index in [0.29, 0.717) is 19.1 Å². The minimum Gasteiger partial charge on any atom is -0.295 e. The zero-order chi connectivity index (χ0) is 6.85. The molecule has 0 aromatic rings. The number of nitrogens with zero attached hydrogens (tertiary/aromatic N) is 1. The van der Waals surface area contributed by atoms with Gasteiger partial charge in [0.05, 0.1) is 0 Å². The van der Waals surface area contributed by atoms with Crippen molar-refractivity contribution in [1.82, 2.24) is 4.90 Å². The van der Waals surface area contributed by atoms with Crippen molar-refractivity contribution < 1.29 is 4.39 Å². The minimum absolute atomic E-state index is 0.543. The topological polar surface area (TPSA) is 3.24 Å². The zero-order valence-electron chi connectivity index (χ0n) is 6.10. The van der Waals surface area contributed by atoms with Gasteiger partial charge in [-0.15, -0.1) is 0 Å². The number of halogens is 1. The van der Waals surface area contributed by atoms with Gasteiger partial charge in [-0.05, 0) is 13.3 Å². The highest BCUT2D eigenvalue weighted by molar-refractivity contribution is 4.82. The molecule has 2 heteroatoms. The first-order valence-electron chi connectivity index (χ1n) is 3.62. The average Bonchev–Trinajstić information content (AvgIpc) is 1.79. The van der Waals surface area contributed by atoms with Crippen LogP contribution in [-0.2, 0) is 0 Å².